The number of fused-ring (bicyclic) bond motifs is 1. The number of aliphatic imine (C=N–C) groups is 1. The first-order chi connectivity index (χ1) is 13.7. The van der Waals surface area contributed by atoms with Gasteiger partial charge in [0.25, 0.3) is 0 Å². The molecule has 1 aliphatic rings. The Bertz CT molecular complexity index is 1020. The molecule has 1 aliphatic heterocycles. The number of rotatable bonds is 4. The molecule has 1 heterocycles. The Morgan fingerprint density at radius 3 is 2.66 bits per heavy atom. The van der Waals surface area contributed by atoms with E-state index < -0.39 is 11.7 Å². The first-order valence-electron chi connectivity index (χ1n) is 8.87. The molecule has 0 spiro atoms. The van der Waals surface area contributed by atoms with E-state index in [2.05, 4.69) is 11.6 Å². The standard InChI is InChI=1S/C22H19F3N2O2/c1-14(10-11-15(2)28)27-20-9-4-3-8-18(20)19(13-21(27)29)26-17-7-5-6-16(12-17)22(23,24)25/h3-9,11-12,28H,1,10,13H2,2H3/b15-11+,26-19?. The number of carbonyl (C=O) groups is 1. The molecule has 3 rings (SSSR count). The highest BCUT2D eigenvalue weighted by Gasteiger charge is 2.32. The van der Waals surface area contributed by atoms with Crippen molar-refractivity contribution in [2.24, 2.45) is 4.99 Å². The number of hydrogen-bond donors (Lipinski definition) is 1. The summed E-state index contributed by atoms with van der Waals surface area (Å²) < 4.78 is 38.9. The Labute approximate surface area is 166 Å². The Morgan fingerprint density at radius 1 is 1.24 bits per heavy atom. The van der Waals surface area contributed by atoms with E-state index in [0.717, 1.165) is 12.1 Å². The summed E-state index contributed by atoms with van der Waals surface area (Å²) in [6, 6.07) is 11.7. The van der Waals surface area contributed by atoms with Crippen LogP contribution in [0.4, 0.5) is 24.5 Å². The van der Waals surface area contributed by atoms with E-state index in [-0.39, 0.29) is 30.2 Å². The van der Waals surface area contributed by atoms with Crippen molar-refractivity contribution in [3.8, 4) is 0 Å². The molecule has 2 aromatic carbocycles. The number of allylic oxidation sites excluding steroid dienone is 2. The number of halogens is 3. The van der Waals surface area contributed by atoms with Crippen LogP contribution >= 0.6 is 0 Å². The Morgan fingerprint density at radius 2 is 1.97 bits per heavy atom. The molecule has 0 aliphatic carbocycles. The number of nitrogens with zero attached hydrogens (tertiary/aromatic N) is 2. The third-order valence-corrected chi connectivity index (χ3v) is 4.41. The van der Waals surface area contributed by atoms with Gasteiger partial charge in [-0.1, -0.05) is 30.8 Å². The Hall–Kier alpha value is -3.35. The summed E-state index contributed by atoms with van der Waals surface area (Å²) in [6.07, 6.45) is -2.72. The fourth-order valence-corrected chi connectivity index (χ4v) is 3.08. The predicted molar refractivity (Wildman–Crippen MR) is 106 cm³/mol. The second-order valence-electron chi connectivity index (χ2n) is 6.65. The minimum absolute atomic E-state index is 0.0753. The van der Waals surface area contributed by atoms with Crippen LogP contribution in [0.2, 0.25) is 0 Å². The van der Waals surface area contributed by atoms with Crippen LogP contribution in [0.25, 0.3) is 0 Å². The molecule has 0 radical (unpaired) electrons. The number of alkyl halides is 3. The number of amides is 1. The van der Waals surface area contributed by atoms with E-state index in [1.165, 1.54) is 24.0 Å². The van der Waals surface area contributed by atoms with E-state index in [4.69, 9.17) is 0 Å². The van der Waals surface area contributed by atoms with Gasteiger partial charge in [0.2, 0.25) is 5.91 Å². The van der Waals surface area contributed by atoms with Crippen LogP contribution in [-0.2, 0) is 11.0 Å². The molecule has 1 N–H and O–H groups in total. The van der Waals surface area contributed by atoms with Crippen LogP contribution in [-0.4, -0.2) is 16.7 Å². The largest absolute Gasteiger partial charge is 0.513 e. The molecule has 0 aromatic heterocycles. The lowest BCUT2D eigenvalue weighted by molar-refractivity contribution is -0.137. The smallest absolute Gasteiger partial charge is 0.416 e. The summed E-state index contributed by atoms with van der Waals surface area (Å²) in [5, 5.41) is 9.36. The highest BCUT2D eigenvalue weighted by atomic mass is 19.4. The summed E-state index contributed by atoms with van der Waals surface area (Å²) >= 11 is 0. The summed E-state index contributed by atoms with van der Waals surface area (Å²) in [6.45, 7) is 5.46. The predicted octanol–water partition coefficient (Wildman–Crippen LogP) is 5.93. The van der Waals surface area contributed by atoms with E-state index >= 15 is 0 Å². The van der Waals surface area contributed by atoms with Crippen LogP contribution in [0, 0.1) is 0 Å². The first kappa shape index (κ1) is 20.4. The Kier molecular flexibility index (Phi) is 5.59. The topological polar surface area (TPSA) is 52.9 Å². The van der Waals surface area contributed by atoms with Crippen molar-refractivity contribution in [1.82, 2.24) is 0 Å². The SMILES string of the molecule is C=C(C/C=C(\C)O)N1C(=O)CC(=Nc2cccc(C(F)(F)F)c2)c2ccccc21. The number of hydrogen-bond acceptors (Lipinski definition) is 3. The zero-order valence-corrected chi connectivity index (χ0v) is 15.7. The third-order valence-electron chi connectivity index (χ3n) is 4.41. The molecule has 150 valence electrons. The third kappa shape index (κ3) is 4.56. The second-order valence-corrected chi connectivity index (χ2v) is 6.65. The minimum atomic E-state index is -4.47. The molecule has 0 fully saturated rings. The van der Waals surface area contributed by atoms with Gasteiger partial charge in [-0.3, -0.25) is 14.7 Å². The van der Waals surface area contributed by atoms with Crippen LogP contribution in [0.3, 0.4) is 0 Å². The fourth-order valence-electron chi connectivity index (χ4n) is 3.08. The maximum Gasteiger partial charge on any atom is 0.416 e. The second kappa shape index (κ2) is 7.95. The molecular formula is C22H19F3N2O2. The van der Waals surface area contributed by atoms with Crippen LogP contribution in [0.5, 0.6) is 0 Å². The average Bonchev–Trinajstić information content (AvgIpc) is 2.66. The van der Waals surface area contributed by atoms with E-state index in [1.807, 2.05) is 0 Å². The quantitative estimate of drug-likeness (QED) is 0.647. The molecule has 1 amide bonds. The van der Waals surface area contributed by atoms with Crippen molar-refractivity contribution in [2.45, 2.75) is 25.9 Å². The van der Waals surface area contributed by atoms with Gasteiger partial charge in [0.1, 0.15) is 0 Å². The van der Waals surface area contributed by atoms with Gasteiger partial charge in [-0.15, -0.1) is 0 Å². The summed E-state index contributed by atoms with van der Waals surface area (Å²) in [5.41, 5.74) is 1.41. The zero-order chi connectivity index (χ0) is 21.2. The number of benzene rings is 2. The van der Waals surface area contributed by atoms with Gasteiger partial charge in [-0.2, -0.15) is 13.2 Å². The van der Waals surface area contributed by atoms with Gasteiger partial charge < -0.3 is 5.11 Å². The molecule has 7 heteroatoms. The molecule has 0 bridgehead atoms. The van der Waals surface area contributed by atoms with E-state index in [0.29, 0.717) is 22.7 Å². The lowest BCUT2D eigenvalue weighted by Gasteiger charge is -2.31. The van der Waals surface area contributed by atoms with Crippen LogP contribution in [0.15, 0.2) is 77.6 Å². The number of anilines is 1. The number of carbonyl (C=O) groups excluding carboxylic acids is 1. The number of aliphatic hydroxyl groups is 1. The van der Waals surface area contributed by atoms with Gasteiger partial charge in [-0.25, -0.2) is 0 Å². The molecule has 29 heavy (non-hydrogen) atoms. The van der Waals surface area contributed by atoms with Gasteiger partial charge in [0, 0.05) is 17.7 Å². The maximum absolute atomic E-state index is 13.0. The number of para-hydroxylation sites is 1. The normalized spacial score (nSPS) is 16.1. The molecule has 0 atom stereocenters. The van der Waals surface area contributed by atoms with Gasteiger partial charge >= 0.3 is 6.18 Å². The van der Waals surface area contributed by atoms with Gasteiger partial charge in [0.05, 0.1) is 34.8 Å². The van der Waals surface area contributed by atoms with Crippen LogP contribution in [0.1, 0.15) is 30.9 Å². The minimum Gasteiger partial charge on any atom is -0.513 e. The zero-order valence-electron chi connectivity index (χ0n) is 15.7. The molecule has 0 unspecified atom stereocenters. The van der Waals surface area contributed by atoms with Crippen molar-refractivity contribution < 1.29 is 23.1 Å². The maximum atomic E-state index is 13.0. The van der Waals surface area contributed by atoms with E-state index in [1.54, 1.807) is 30.3 Å². The van der Waals surface area contributed by atoms with Crippen LogP contribution < -0.4 is 4.90 Å². The van der Waals surface area contributed by atoms with E-state index in [9.17, 15) is 23.1 Å². The monoisotopic (exact) mass is 400 g/mol. The van der Waals surface area contributed by atoms with Gasteiger partial charge in [0.15, 0.2) is 0 Å². The lowest BCUT2D eigenvalue weighted by atomic mass is 9.97. The van der Waals surface area contributed by atoms with Crippen molar-refractivity contribution in [2.75, 3.05) is 4.90 Å². The number of aliphatic hydroxyl groups excluding tert-OH is 1. The van der Waals surface area contributed by atoms with Crippen molar-refractivity contribution in [3.05, 3.63) is 83.8 Å². The highest BCUT2D eigenvalue weighted by Crippen LogP contribution is 2.35. The van der Waals surface area contributed by atoms with Crippen molar-refractivity contribution >= 4 is 23.0 Å². The average molecular weight is 400 g/mol. The molecule has 4 nitrogen and oxygen atoms in total. The molecule has 0 saturated heterocycles. The summed E-state index contributed by atoms with van der Waals surface area (Å²) in [7, 11) is 0. The Balaban J connectivity index is 2.01. The highest BCUT2D eigenvalue weighted by molar-refractivity contribution is 6.23. The summed E-state index contributed by atoms with van der Waals surface area (Å²) in [5.74, 6) is -0.167. The van der Waals surface area contributed by atoms with Gasteiger partial charge in [-0.05, 0) is 37.3 Å². The van der Waals surface area contributed by atoms with Crippen molar-refractivity contribution in [3.63, 3.8) is 0 Å². The van der Waals surface area contributed by atoms with Crippen molar-refractivity contribution in [1.29, 1.82) is 0 Å². The molecule has 2 aromatic rings. The molecular weight excluding hydrogens is 381 g/mol. The first-order valence-corrected chi connectivity index (χ1v) is 8.87. The fraction of sp³-hybridized carbons (Fsp3) is 0.182. The summed E-state index contributed by atoms with van der Waals surface area (Å²) in [4.78, 5) is 18.6. The molecule has 0 saturated carbocycles. The lowest BCUT2D eigenvalue weighted by Crippen LogP contribution is -2.36.